The first-order valence-electron chi connectivity index (χ1n) is 5.22. The van der Waals surface area contributed by atoms with E-state index < -0.39 is 29.0 Å². The number of hydrogen-bond acceptors (Lipinski definition) is 4. The molecule has 1 atom stereocenters. The minimum atomic E-state index is -4.68. The van der Waals surface area contributed by atoms with Gasteiger partial charge in [0.1, 0.15) is 6.61 Å². The summed E-state index contributed by atoms with van der Waals surface area (Å²) in [6, 6.07) is 5.57. The van der Waals surface area contributed by atoms with Gasteiger partial charge in [0.25, 0.3) is 10.1 Å². The van der Waals surface area contributed by atoms with E-state index in [-0.39, 0.29) is 4.90 Å². The Kier molecular flexibility index (Phi) is 4.94. The Bertz CT molecular complexity index is 508. The lowest BCUT2D eigenvalue weighted by molar-refractivity contribution is -0.219. The minimum Gasteiger partial charge on any atom is -0.370 e. The number of halogens is 3. The van der Waals surface area contributed by atoms with E-state index in [2.05, 4.69) is 8.92 Å². The highest BCUT2D eigenvalue weighted by molar-refractivity contribution is 7.86. The highest BCUT2D eigenvalue weighted by atomic mass is 32.2. The van der Waals surface area contributed by atoms with Crippen LogP contribution in [0.4, 0.5) is 13.2 Å². The van der Waals surface area contributed by atoms with Crippen LogP contribution in [0.15, 0.2) is 29.2 Å². The van der Waals surface area contributed by atoms with Gasteiger partial charge in [-0.2, -0.15) is 21.6 Å². The standard InChI is InChI=1S/C11H13F3O4S/c1-8-3-5-9(6-4-8)19(15,16)18-7-10(17-2)11(12,13)14/h3-6,10H,7H2,1-2H3. The molecule has 0 amide bonds. The number of benzene rings is 1. The van der Waals surface area contributed by atoms with Crippen LogP contribution in [0.1, 0.15) is 5.56 Å². The third kappa shape index (κ3) is 4.48. The predicted octanol–water partition coefficient (Wildman–Crippen LogP) is 2.28. The summed E-state index contributed by atoms with van der Waals surface area (Å²) in [6.07, 6.45) is -6.97. The summed E-state index contributed by atoms with van der Waals surface area (Å²) in [4.78, 5) is -0.199. The van der Waals surface area contributed by atoms with Gasteiger partial charge in [-0.15, -0.1) is 0 Å². The van der Waals surface area contributed by atoms with Gasteiger partial charge in [-0.1, -0.05) is 17.7 Å². The molecule has 0 saturated carbocycles. The molecule has 0 bridgehead atoms. The molecule has 8 heteroatoms. The van der Waals surface area contributed by atoms with Gasteiger partial charge in [-0.3, -0.25) is 4.18 Å². The molecule has 0 aliphatic carbocycles. The Balaban J connectivity index is 2.78. The van der Waals surface area contributed by atoms with E-state index >= 15 is 0 Å². The summed E-state index contributed by atoms with van der Waals surface area (Å²) < 4.78 is 68.9. The van der Waals surface area contributed by atoms with Crippen molar-refractivity contribution in [2.24, 2.45) is 0 Å². The van der Waals surface area contributed by atoms with Crippen molar-refractivity contribution in [1.29, 1.82) is 0 Å². The van der Waals surface area contributed by atoms with Crippen molar-refractivity contribution in [3.05, 3.63) is 29.8 Å². The largest absolute Gasteiger partial charge is 0.416 e. The van der Waals surface area contributed by atoms with Crippen LogP contribution in [0.25, 0.3) is 0 Å². The van der Waals surface area contributed by atoms with E-state index in [0.29, 0.717) is 0 Å². The molecule has 0 aliphatic rings. The smallest absolute Gasteiger partial charge is 0.370 e. The van der Waals surface area contributed by atoms with Crippen LogP contribution in [0.5, 0.6) is 0 Å². The highest BCUT2D eigenvalue weighted by Gasteiger charge is 2.41. The first-order chi connectivity index (χ1) is 8.66. The Morgan fingerprint density at radius 2 is 1.74 bits per heavy atom. The second-order valence-electron chi connectivity index (χ2n) is 3.82. The Labute approximate surface area is 109 Å². The maximum Gasteiger partial charge on any atom is 0.416 e. The Hall–Kier alpha value is -1.12. The van der Waals surface area contributed by atoms with Crippen LogP contribution in [0, 0.1) is 6.92 Å². The quantitative estimate of drug-likeness (QED) is 0.783. The average molecular weight is 298 g/mol. The number of rotatable bonds is 5. The fourth-order valence-corrected chi connectivity index (χ4v) is 2.13. The van der Waals surface area contributed by atoms with Crippen molar-refractivity contribution in [3.8, 4) is 0 Å². The van der Waals surface area contributed by atoms with Gasteiger partial charge >= 0.3 is 6.18 Å². The number of aryl methyl sites for hydroxylation is 1. The molecule has 108 valence electrons. The molecule has 0 aliphatic heterocycles. The zero-order valence-corrected chi connectivity index (χ0v) is 11.1. The van der Waals surface area contributed by atoms with Gasteiger partial charge in [0.2, 0.25) is 0 Å². The summed E-state index contributed by atoms with van der Waals surface area (Å²) in [5.41, 5.74) is 0.823. The molecular formula is C11H13F3O4S. The third-order valence-electron chi connectivity index (χ3n) is 2.33. The fraction of sp³-hybridized carbons (Fsp3) is 0.455. The molecule has 0 aromatic heterocycles. The van der Waals surface area contributed by atoms with E-state index in [4.69, 9.17) is 0 Å². The molecule has 19 heavy (non-hydrogen) atoms. The fourth-order valence-electron chi connectivity index (χ4n) is 1.22. The van der Waals surface area contributed by atoms with Crippen LogP contribution >= 0.6 is 0 Å². The van der Waals surface area contributed by atoms with Crippen molar-refractivity contribution < 1.29 is 30.5 Å². The second-order valence-corrected chi connectivity index (χ2v) is 5.43. The molecule has 0 saturated heterocycles. The van der Waals surface area contributed by atoms with E-state index in [1.807, 2.05) is 0 Å². The van der Waals surface area contributed by atoms with Gasteiger partial charge in [-0.05, 0) is 19.1 Å². The van der Waals surface area contributed by atoms with Crippen molar-refractivity contribution in [3.63, 3.8) is 0 Å². The molecular weight excluding hydrogens is 285 g/mol. The Morgan fingerprint density at radius 3 is 2.16 bits per heavy atom. The van der Waals surface area contributed by atoms with Gasteiger partial charge in [0.05, 0.1) is 4.90 Å². The number of ether oxygens (including phenoxy) is 1. The van der Waals surface area contributed by atoms with Crippen LogP contribution in [-0.4, -0.2) is 34.4 Å². The first kappa shape index (κ1) is 15.9. The van der Waals surface area contributed by atoms with Gasteiger partial charge in [0.15, 0.2) is 6.10 Å². The summed E-state index contributed by atoms with van der Waals surface area (Å²) in [7, 11) is -3.39. The summed E-state index contributed by atoms with van der Waals surface area (Å²) in [6.45, 7) is 0.637. The molecule has 0 fully saturated rings. The van der Waals surface area contributed by atoms with E-state index in [9.17, 15) is 21.6 Å². The molecule has 0 radical (unpaired) electrons. The van der Waals surface area contributed by atoms with Crippen LogP contribution in [0.3, 0.4) is 0 Å². The van der Waals surface area contributed by atoms with Crippen LogP contribution < -0.4 is 0 Å². The van der Waals surface area contributed by atoms with Crippen molar-refractivity contribution in [1.82, 2.24) is 0 Å². The van der Waals surface area contributed by atoms with Crippen molar-refractivity contribution >= 4 is 10.1 Å². The molecule has 1 unspecified atom stereocenters. The van der Waals surface area contributed by atoms with Crippen molar-refractivity contribution in [2.75, 3.05) is 13.7 Å². The maximum atomic E-state index is 12.4. The normalized spacial score (nSPS) is 14.4. The zero-order valence-electron chi connectivity index (χ0n) is 10.3. The predicted molar refractivity (Wildman–Crippen MR) is 61.2 cm³/mol. The molecule has 1 rings (SSSR count). The number of hydrogen-bond donors (Lipinski definition) is 0. The maximum absolute atomic E-state index is 12.4. The van der Waals surface area contributed by atoms with Crippen LogP contribution in [0.2, 0.25) is 0 Å². The molecule has 1 aromatic carbocycles. The molecule has 0 N–H and O–H groups in total. The van der Waals surface area contributed by atoms with E-state index in [0.717, 1.165) is 12.7 Å². The molecule has 4 nitrogen and oxygen atoms in total. The van der Waals surface area contributed by atoms with Crippen molar-refractivity contribution in [2.45, 2.75) is 24.1 Å². The lowest BCUT2D eigenvalue weighted by Crippen LogP contribution is -2.35. The third-order valence-corrected chi connectivity index (χ3v) is 3.63. The second kappa shape index (κ2) is 5.89. The number of alkyl halides is 3. The lowest BCUT2D eigenvalue weighted by atomic mass is 10.2. The van der Waals surface area contributed by atoms with Gasteiger partial charge in [-0.25, -0.2) is 0 Å². The summed E-state index contributed by atoms with van der Waals surface area (Å²) >= 11 is 0. The van der Waals surface area contributed by atoms with Gasteiger partial charge < -0.3 is 4.74 Å². The number of methoxy groups -OCH3 is 1. The minimum absolute atomic E-state index is 0.199. The lowest BCUT2D eigenvalue weighted by Gasteiger charge is -2.18. The summed E-state index contributed by atoms with van der Waals surface area (Å²) in [5.74, 6) is 0. The average Bonchev–Trinajstić information content (AvgIpc) is 2.28. The molecule has 1 aromatic rings. The van der Waals surface area contributed by atoms with E-state index in [1.54, 1.807) is 6.92 Å². The first-order valence-corrected chi connectivity index (χ1v) is 6.63. The summed E-state index contributed by atoms with van der Waals surface area (Å²) in [5, 5.41) is 0. The molecule has 0 heterocycles. The highest BCUT2D eigenvalue weighted by Crippen LogP contribution is 2.24. The Morgan fingerprint density at radius 1 is 1.21 bits per heavy atom. The zero-order chi connectivity index (χ0) is 14.7. The van der Waals surface area contributed by atoms with Gasteiger partial charge in [0, 0.05) is 7.11 Å². The topological polar surface area (TPSA) is 52.6 Å². The molecule has 0 spiro atoms. The van der Waals surface area contributed by atoms with Crippen LogP contribution in [-0.2, 0) is 19.0 Å². The van der Waals surface area contributed by atoms with E-state index in [1.165, 1.54) is 24.3 Å². The monoisotopic (exact) mass is 298 g/mol. The SMILES string of the molecule is COC(COS(=O)(=O)c1ccc(C)cc1)C(F)(F)F.